The number of carbonyl (C=O) groups is 1. The predicted molar refractivity (Wildman–Crippen MR) is 39.1 cm³/mol. The molecule has 0 aliphatic heterocycles. The number of hydrogen-bond acceptors (Lipinski definition) is 4. The third kappa shape index (κ3) is 7.29. The average Bonchev–Trinajstić information content (AvgIpc) is 1.97. The van der Waals surface area contributed by atoms with E-state index in [9.17, 15) is 4.79 Å². The maximum atomic E-state index is 10.7. The molecule has 0 aromatic rings. The van der Waals surface area contributed by atoms with Crippen molar-refractivity contribution >= 4 is 5.97 Å². The van der Waals surface area contributed by atoms with Crippen molar-refractivity contribution in [2.45, 2.75) is 19.4 Å². The second-order valence-electron chi connectivity index (χ2n) is 2.27. The third-order valence-electron chi connectivity index (χ3n) is 0.996. The van der Waals surface area contributed by atoms with Gasteiger partial charge in [-0.25, -0.2) is 0 Å². The van der Waals surface area contributed by atoms with Crippen molar-refractivity contribution in [2.24, 2.45) is 0 Å². The summed E-state index contributed by atoms with van der Waals surface area (Å²) in [6, 6.07) is 0. The van der Waals surface area contributed by atoms with E-state index in [1.54, 1.807) is 6.92 Å². The van der Waals surface area contributed by atoms with E-state index in [1.165, 1.54) is 7.11 Å². The molecule has 11 heavy (non-hydrogen) atoms. The first-order valence-electron chi connectivity index (χ1n) is 3.49. The highest BCUT2D eigenvalue weighted by molar-refractivity contribution is 5.69. The molecule has 0 saturated carbocycles. The molecule has 0 aliphatic carbocycles. The zero-order valence-corrected chi connectivity index (χ0v) is 6.87. The van der Waals surface area contributed by atoms with E-state index >= 15 is 0 Å². The van der Waals surface area contributed by atoms with Crippen molar-refractivity contribution in [3.63, 3.8) is 0 Å². The summed E-state index contributed by atoms with van der Waals surface area (Å²) < 4.78 is 9.29. The lowest BCUT2D eigenvalue weighted by Gasteiger charge is -2.05. The SMILES string of the molecule is COCCC(=O)OCC(C)O. The van der Waals surface area contributed by atoms with Gasteiger partial charge in [0.2, 0.25) is 0 Å². The Morgan fingerprint density at radius 3 is 2.73 bits per heavy atom. The summed E-state index contributed by atoms with van der Waals surface area (Å²) in [7, 11) is 1.52. The molecule has 0 heterocycles. The second-order valence-corrected chi connectivity index (χ2v) is 2.27. The van der Waals surface area contributed by atoms with E-state index in [-0.39, 0.29) is 19.0 Å². The van der Waals surface area contributed by atoms with Gasteiger partial charge in [-0.1, -0.05) is 0 Å². The number of aliphatic hydroxyl groups excluding tert-OH is 1. The van der Waals surface area contributed by atoms with Gasteiger partial charge in [-0.2, -0.15) is 0 Å². The normalized spacial score (nSPS) is 12.6. The van der Waals surface area contributed by atoms with Gasteiger partial charge < -0.3 is 14.6 Å². The fourth-order valence-electron chi connectivity index (χ4n) is 0.471. The molecule has 0 fully saturated rings. The Bertz CT molecular complexity index is 111. The Morgan fingerprint density at radius 1 is 1.64 bits per heavy atom. The van der Waals surface area contributed by atoms with Gasteiger partial charge in [0, 0.05) is 7.11 Å². The third-order valence-corrected chi connectivity index (χ3v) is 0.996. The van der Waals surface area contributed by atoms with Crippen LogP contribution in [-0.4, -0.2) is 37.5 Å². The van der Waals surface area contributed by atoms with Crippen molar-refractivity contribution < 1.29 is 19.4 Å². The number of aliphatic hydroxyl groups is 1. The molecule has 0 rings (SSSR count). The van der Waals surface area contributed by atoms with Crippen molar-refractivity contribution in [2.75, 3.05) is 20.3 Å². The minimum absolute atomic E-state index is 0.0581. The van der Waals surface area contributed by atoms with E-state index in [0.29, 0.717) is 6.61 Å². The highest BCUT2D eigenvalue weighted by Gasteiger charge is 2.03. The van der Waals surface area contributed by atoms with Gasteiger partial charge in [0.15, 0.2) is 0 Å². The molecular weight excluding hydrogens is 148 g/mol. The number of carbonyl (C=O) groups excluding carboxylic acids is 1. The standard InChI is InChI=1S/C7H14O4/c1-6(8)5-11-7(9)3-4-10-2/h6,8H,3-5H2,1-2H3. The molecule has 66 valence electrons. The minimum atomic E-state index is -0.596. The second kappa shape index (κ2) is 6.12. The summed E-state index contributed by atoms with van der Waals surface area (Å²) in [6.45, 7) is 1.98. The predicted octanol–water partition coefficient (Wildman–Crippen LogP) is -0.0531. The smallest absolute Gasteiger partial charge is 0.308 e. The van der Waals surface area contributed by atoms with Crippen LogP contribution >= 0.6 is 0 Å². The first-order valence-corrected chi connectivity index (χ1v) is 3.49. The van der Waals surface area contributed by atoms with Gasteiger partial charge in [-0.15, -0.1) is 0 Å². The summed E-state index contributed by atoms with van der Waals surface area (Å²) >= 11 is 0. The van der Waals surface area contributed by atoms with Crippen molar-refractivity contribution in [3.05, 3.63) is 0 Å². The van der Waals surface area contributed by atoms with Gasteiger partial charge in [0.1, 0.15) is 6.61 Å². The number of methoxy groups -OCH3 is 1. The first-order chi connectivity index (χ1) is 5.16. The van der Waals surface area contributed by atoms with E-state index < -0.39 is 6.10 Å². The molecule has 0 aromatic carbocycles. The summed E-state index contributed by atoms with van der Waals surface area (Å²) in [6.07, 6.45) is -0.357. The van der Waals surface area contributed by atoms with Gasteiger partial charge >= 0.3 is 5.97 Å². The van der Waals surface area contributed by atoms with Crippen LogP contribution in [0.1, 0.15) is 13.3 Å². The molecule has 1 atom stereocenters. The zero-order chi connectivity index (χ0) is 8.69. The molecule has 0 saturated heterocycles. The number of esters is 1. The lowest BCUT2D eigenvalue weighted by molar-refractivity contribution is -0.147. The molecule has 0 aromatic heterocycles. The van der Waals surface area contributed by atoms with Crippen LogP contribution in [0.25, 0.3) is 0 Å². The zero-order valence-electron chi connectivity index (χ0n) is 6.87. The maximum absolute atomic E-state index is 10.7. The fraction of sp³-hybridized carbons (Fsp3) is 0.857. The molecule has 1 unspecified atom stereocenters. The molecule has 0 bridgehead atoms. The molecule has 0 amide bonds. The Kier molecular flexibility index (Phi) is 5.78. The lowest BCUT2D eigenvalue weighted by Crippen LogP contribution is -2.16. The van der Waals surface area contributed by atoms with Crippen molar-refractivity contribution in [1.82, 2.24) is 0 Å². The van der Waals surface area contributed by atoms with Crippen LogP contribution in [0.4, 0.5) is 0 Å². The van der Waals surface area contributed by atoms with Crippen LogP contribution in [0.2, 0.25) is 0 Å². The summed E-state index contributed by atoms with van der Waals surface area (Å²) in [4.78, 5) is 10.7. The molecular formula is C7H14O4. The monoisotopic (exact) mass is 162 g/mol. The number of ether oxygens (including phenoxy) is 2. The van der Waals surface area contributed by atoms with Crippen molar-refractivity contribution in [3.8, 4) is 0 Å². The topological polar surface area (TPSA) is 55.8 Å². The molecule has 4 nitrogen and oxygen atoms in total. The van der Waals surface area contributed by atoms with Crippen LogP contribution in [0, 0.1) is 0 Å². The Balaban J connectivity index is 3.23. The highest BCUT2D eigenvalue weighted by atomic mass is 16.5. The van der Waals surface area contributed by atoms with Gasteiger partial charge in [-0.05, 0) is 6.92 Å². The largest absolute Gasteiger partial charge is 0.463 e. The number of hydrogen-bond donors (Lipinski definition) is 1. The Hall–Kier alpha value is -0.610. The van der Waals surface area contributed by atoms with E-state index in [2.05, 4.69) is 9.47 Å². The maximum Gasteiger partial charge on any atom is 0.308 e. The van der Waals surface area contributed by atoms with E-state index in [0.717, 1.165) is 0 Å². The van der Waals surface area contributed by atoms with Gasteiger partial charge in [0.25, 0.3) is 0 Å². The average molecular weight is 162 g/mol. The van der Waals surface area contributed by atoms with Crippen LogP contribution in [0.3, 0.4) is 0 Å². The van der Waals surface area contributed by atoms with Crippen LogP contribution in [-0.2, 0) is 14.3 Å². The molecule has 0 radical (unpaired) electrons. The highest BCUT2D eigenvalue weighted by Crippen LogP contribution is 1.89. The molecule has 4 heteroatoms. The first kappa shape index (κ1) is 10.4. The van der Waals surface area contributed by atoms with Crippen LogP contribution in [0.15, 0.2) is 0 Å². The minimum Gasteiger partial charge on any atom is -0.463 e. The number of rotatable bonds is 5. The summed E-state index contributed by atoms with van der Waals surface area (Å²) in [5, 5.41) is 8.72. The molecule has 1 N–H and O–H groups in total. The lowest BCUT2D eigenvalue weighted by atomic mass is 10.4. The summed E-state index contributed by atoms with van der Waals surface area (Å²) in [5.74, 6) is -0.340. The Morgan fingerprint density at radius 2 is 2.27 bits per heavy atom. The quantitative estimate of drug-likeness (QED) is 0.576. The van der Waals surface area contributed by atoms with Crippen LogP contribution < -0.4 is 0 Å². The Labute approximate surface area is 66.1 Å². The van der Waals surface area contributed by atoms with Gasteiger partial charge in [-0.3, -0.25) is 4.79 Å². The fourth-order valence-corrected chi connectivity index (χ4v) is 0.471. The van der Waals surface area contributed by atoms with Crippen LogP contribution in [0.5, 0.6) is 0 Å². The summed E-state index contributed by atoms with van der Waals surface area (Å²) in [5.41, 5.74) is 0. The molecule has 0 aliphatic rings. The van der Waals surface area contributed by atoms with E-state index in [1.807, 2.05) is 0 Å². The van der Waals surface area contributed by atoms with E-state index in [4.69, 9.17) is 5.11 Å². The molecule has 0 spiro atoms. The van der Waals surface area contributed by atoms with Gasteiger partial charge in [0.05, 0.1) is 19.1 Å². The van der Waals surface area contributed by atoms with Crippen molar-refractivity contribution in [1.29, 1.82) is 0 Å².